The lowest BCUT2D eigenvalue weighted by Crippen LogP contribution is -2.36. The minimum Gasteiger partial charge on any atom is -0.279 e. The first-order valence-electron chi connectivity index (χ1n) is 2.82. The SMILES string of the molecule is C=CC.O=C(C(F)(F)F)C(F)(F)F. The second kappa shape index (κ2) is 4.88. The van der Waals surface area contributed by atoms with E-state index in [4.69, 9.17) is 0 Å². The Balaban J connectivity index is 0. The molecular weight excluding hydrogens is 202 g/mol. The van der Waals surface area contributed by atoms with Crippen molar-refractivity contribution in [2.45, 2.75) is 19.3 Å². The topological polar surface area (TPSA) is 17.1 Å². The van der Waals surface area contributed by atoms with Crippen molar-refractivity contribution >= 4 is 5.78 Å². The van der Waals surface area contributed by atoms with E-state index >= 15 is 0 Å². The molecule has 0 saturated carbocycles. The Hall–Kier alpha value is -1.01. The fourth-order valence-corrected chi connectivity index (χ4v) is 0.161. The molecule has 0 unspecified atom stereocenters. The quantitative estimate of drug-likeness (QED) is 0.442. The summed E-state index contributed by atoms with van der Waals surface area (Å²) in [5.41, 5.74) is 0. The summed E-state index contributed by atoms with van der Waals surface area (Å²) < 4.78 is 65.3. The summed E-state index contributed by atoms with van der Waals surface area (Å²) in [6.45, 7) is 5.25. The molecule has 0 aliphatic heterocycles. The monoisotopic (exact) mass is 208 g/mol. The van der Waals surface area contributed by atoms with E-state index in [1.54, 1.807) is 6.08 Å². The summed E-state index contributed by atoms with van der Waals surface area (Å²) >= 11 is 0. The van der Waals surface area contributed by atoms with E-state index in [0.717, 1.165) is 0 Å². The minimum atomic E-state index is -5.82. The highest BCUT2D eigenvalue weighted by atomic mass is 19.4. The van der Waals surface area contributed by atoms with Gasteiger partial charge in [0.05, 0.1) is 0 Å². The molecule has 0 saturated heterocycles. The third-order valence-electron chi connectivity index (χ3n) is 0.515. The maximum Gasteiger partial charge on any atom is 0.459 e. The van der Waals surface area contributed by atoms with Crippen LogP contribution in [0.25, 0.3) is 0 Å². The van der Waals surface area contributed by atoms with Gasteiger partial charge in [-0.25, -0.2) is 0 Å². The molecule has 0 bridgehead atoms. The van der Waals surface area contributed by atoms with E-state index in [9.17, 15) is 31.1 Å². The lowest BCUT2D eigenvalue weighted by Gasteiger charge is -2.06. The largest absolute Gasteiger partial charge is 0.459 e. The molecule has 0 amide bonds. The van der Waals surface area contributed by atoms with Crippen LogP contribution in [0.5, 0.6) is 0 Å². The van der Waals surface area contributed by atoms with Crippen LogP contribution in [0.2, 0.25) is 0 Å². The zero-order valence-corrected chi connectivity index (χ0v) is 6.46. The van der Waals surface area contributed by atoms with Gasteiger partial charge in [0.1, 0.15) is 0 Å². The summed E-state index contributed by atoms with van der Waals surface area (Å²) in [5, 5.41) is 0. The highest BCUT2D eigenvalue weighted by Gasteiger charge is 2.55. The average molecular weight is 208 g/mol. The van der Waals surface area contributed by atoms with Crippen LogP contribution < -0.4 is 0 Å². The van der Waals surface area contributed by atoms with Crippen LogP contribution in [0.3, 0.4) is 0 Å². The number of hydrogen-bond acceptors (Lipinski definition) is 1. The third-order valence-corrected chi connectivity index (χ3v) is 0.515. The lowest BCUT2D eigenvalue weighted by molar-refractivity contribution is -0.217. The summed E-state index contributed by atoms with van der Waals surface area (Å²) in [7, 11) is 0. The van der Waals surface area contributed by atoms with Gasteiger partial charge < -0.3 is 0 Å². The van der Waals surface area contributed by atoms with Crippen molar-refractivity contribution in [2.24, 2.45) is 0 Å². The van der Waals surface area contributed by atoms with E-state index in [-0.39, 0.29) is 0 Å². The second-order valence-electron chi connectivity index (χ2n) is 1.73. The molecule has 0 aliphatic rings. The van der Waals surface area contributed by atoms with Crippen LogP contribution in [0.15, 0.2) is 12.7 Å². The van der Waals surface area contributed by atoms with Crippen molar-refractivity contribution in [3.63, 3.8) is 0 Å². The Bertz CT molecular complexity index is 161. The van der Waals surface area contributed by atoms with E-state index in [0.29, 0.717) is 0 Å². The van der Waals surface area contributed by atoms with Gasteiger partial charge in [0.25, 0.3) is 0 Å². The number of carbonyl (C=O) groups excluding carboxylic acids is 1. The molecule has 13 heavy (non-hydrogen) atoms. The van der Waals surface area contributed by atoms with Crippen molar-refractivity contribution in [3.05, 3.63) is 12.7 Å². The van der Waals surface area contributed by atoms with Crippen LogP contribution in [0.4, 0.5) is 26.3 Å². The van der Waals surface area contributed by atoms with E-state index < -0.39 is 18.1 Å². The number of allylic oxidation sites excluding steroid dienone is 1. The Kier molecular flexibility index (Phi) is 5.45. The number of halogens is 6. The zero-order chi connectivity index (χ0) is 11.3. The Morgan fingerprint density at radius 1 is 1.08 bits per heavy atom. The predicted molar refractivity (Wildman–Crippen MR) is 33.0 cm³/mol. The van der Waals surface area contributed by atoms with E-state index in [2.05, 4.69) is 6.58 Å². The van der Waals surface area contributed by atoms with Crippen molar-refractivity contribution in [3.8, 4) is 0 Å². The summed E-state index contributed by atoms with van der Waals surface area (Å²) in [5.74, 6) is -3.68. The highest BCUT2D eigenvalue weighted by molar-refractivity contribution is 5.89. The second-order valence-corrected chi connectivity index (χ2v) is 1.73. The number of hydrogen-bond donors (Lipinski definition) is 0. The number of ketones is 1. The molecule has 0 radical (unpaired) electrons. The first-order chi connectivity index (χ1) is 5.57. The zero-order valence-electron chi connectivity index (χ0n) is 6.46. The lowest BCUT2D eigenvalue weighted by atomic mass is 10.4. The van der Waals surface area contributed by atoms with Gasteiger partial charge in [0, 0.05) is 0 Å². The normalized spacial score (nSPS) is 11.3. The van der Waals surface area contributed by atoms with E-state index in [1.165, 1.54) is 0 Å². The van der Waals surface area contributed by atoms with Crippen LogP contribution in [0.1, 0.15) is 6.92 Å². The summed E-state index contributed by atoms with van der Waals surface area (Å²) in [4.78, 5) is 9.24. The van der Waals surface area contributed by atoms with Gasteiger partial charge in [-0.3, -0.25) is 4.79 Å². The first-order valence-corrected chi connectivity index (χ1v) is 2.82. The van der Waals surface area contributed by atoms with Crippen molar-refractivity contribution in [1.29, 1.82) is 0 Å². The molecule has 78 valence electrons. The Labute approximate surface area is 70.0 Å². The van der Waals surface area contributed by atoms with Gasteiger partial charge in [-0.15, -0.1) is 6.58 Å². The molecule has 0 aromatic heterocycles. The molecule has 0 aliphatic carbocycles. The average Bonchev–Trinajstić information content (AvgIpc) is 1.84. The summed E-state index contributed by atoms with van der Waals surface area (Å²) in [6.07, 6.45) is -9.89. The number of Topliss-reactive ketones (excluding diaryl/α,β-unsaturated/α-hetero) is 1. The fraction of sp³-hybridized carbons (Fsp3) is 0.500. The maximum absolute atomic E-state index is 10.9. The summed E-state index contributed by atoms with van der Waals surface area (Å²) in [6, 6.07) is 0. The van der Waals surface area contributed by atoms with Crippen LogP contribution >= 0.6 is 0 Å². The molecule has 0 aromatic carbocycles. The fourth-order valence-electron chi connectivity index (χ4n) is 0.161. The van der Waals surface area contributed by atoms with Gasteiger partial charge in [-0.05, 0) is 6.92 Å². The van der Waals surface area contributed by atoms with Gasteiger partial charge in [-0.1, -0.05) is 6.08 Å². The van der Waals surface area contributed by atoms with Crippen molar-refractivity contribution in [1.82, 2.24) is 0 Å². The molecular formula is C6H6F6O. The molecule has 1 nitrogen and oxygen atoms in total. The minimum absolute atomic E-state index is 1.75. The Morgan fingerprint density at radius 2 is 1.23 bits per heavy atom. The molecule has 0 atom stereocenters. The number of carbonyl (C=O) groups is 1. The molecule has 0 aromatic rings. The van der Waals surface area contributed by atoms with Crippen LogP contribution in [-0.4, -0.2) is 18.1 Å². The highest BCUT2D eigenvalue weighted by Crippen LogP contribution is 2.28. The van der Waals surface area contributed by atoms with Crippen LogP contribution in [-0.2, 0) is 4.79 Å². The van der Waals surface area contributed by atoms with Crippen LogP contribution in [0, 0.1) is 0 Å². The third kappa shape index (κ3) is 7.35. The molecule has 0 fully saturated rings. The Morgan fingerprint density at radius 3 is 1.23 bits per heavy atom. The van der Waals surface area contributed by atoms with Crippen molar-refractivity contribution < 1.29 is 31.1 Å². The molecule has 0 spiro atoms. The van der Waals surface area contributed by atoms with Gasteiger partial charge in [0.15, 0.2) is 0 Å². The van der Waals surface area contributed by atoms with Gasteiger partial charge in [-0.2, -0.15) is 26.3 Å². The predicted octanol–water partition coefficient (Wildman–Crippen LogP) is 2.87. The maximum atomic E-state index is 10.9. The molecule has 0 N–H and O–H groups in total. The number of rotatable bonds is 0. The first kappa shape index (κ1) is 14.5. The van der Waals surface area contributed by atoms with Gasteiger partial charge in [0.2, 0.25) is 0 Å². The molecule has 0 rings (SSSR count). The van der Waals surface area contributed by atoms with E-state index in [1.807, 2.05) is 6.92 Å². The van der Waals surface area contributed by atoms with Crippen molar-refractivity contribution in [2.75, 3.05) is 0 Å². The molecule has 7 heteroatoms. The van der Waals surface area contributed by atoms with Gasteiger partial charge >= 0.3 is 18.1 Å². The molecule has 0 heterocycles. The smallest absolute Gasteiger partial charge is 0.279 e. The standard InChI is InChI=1S/C3F6O.C3H6/c4-2(5,6)1(10)3(7,8)9;1-3-2/h;3H,1H2,2H3. The number of alkyl halides is 6.